The number of amides is 1. The van der Waals surface area contributed by atoms with E-state index in [-0.39, 0.29) is 60.3 Å². The van der Waals surface area contributed by atoms with E-state index >= 15 is 0 Å². The van der Waals surface area contributed by atoms with E-state index in [1.54, 1.807) is 25.1 Å². The van der Waals surface area contributed by atoms with Crippen LogP contribution in [0.4, 0.5) is 14.6 Å². The molecule has 1 unspecified atom stereocenters. The predicted molar refractivity (Wildman–Crippen MR) is 121 cm³/mol. The number of aromatic nitrogens is 5. The monoisotopic (exact) mass is 492 g/mol. The molecule has 1 N–H and O–H groups in total. The molecule has 0 bridgehead atoms. The van der Waals surface area contributed by atoms with Gasteiger partial charge < -0.3 is 14.8 Å². The van der Waals surface area contributed by atoms with E-state index in [9.17, 15) is 18.4 Å². The van der Waals surface area contributed by atoms with Gasteiger partial charge in [0.15, 0.2) is 16.9 Å². The van der Waals surface area contributed by atoms with Crippen LogP contribution >= 0.6 is 0 Å². The number of esters is 1. The lowest BCUT2D eigenvalue weighted by molar-refractivity contribution is -0.154. The lowest BCUT2D eigenvalue weighted by Crippen LogP contribution is -2.47. The Balaban J connectivity index is 1.51. The molecule has 1 amide bonds. The maximum Gasteiger partial charge on any atom is 0.326 e. The molecule has 0 aliphatic carbocycles. The van der Waals surface area contributed by atoms with E-state index in [0.29, 0.717) is 11.2 Å². The van der Waals surface area contributed by atoms with Gasteiger partial charge in [-0.15, -0.1) is 0 Å². The van der Waals surface area contributed by atoms with Crippen LogP contribution in [0.25, 0.3) is 22.6 Å². The highest BCUT2D eigenvalue weighted by Crippen LogP contribution is 2.48. The van der Waals surface area contributed by atoms with Crippen molar-refractivity contribution in [2.45, 2.75) is 25.3 Å². The summed E-state index contributed by atoms with van der Waals surface area (Å²) < 4.78 is 40.8. The first-order chi connectivity index (χ1) is 17.4. The van der Waals surface area contributed by atoms with Crippen molar-refractivity contribution in [1.82, 2.24) is 24.7 Å². The third kappa shape index (κ3) is 3.13. The average Bonchev–Trinajstić information content (AvgIpc) is 3.36. The molecule has 0 saturated carbocycles. The van der Waals surface area contributed by atoms with Crippen molar-refractivity contribution in [2.24, 2.45) is 0 Å². The van der Waals surface area contributed by atoms with Gasteiger partial charge in [-0.05, 0) is 19.1 Å². The number of halogens is 2. The Bertz CT molecular complexity index is 1570. The molecule has 5 heterocycles. The van der Waals surface area contributed by atoms with Crippen molar-refractivity contribution in [3.8, 4) is 17.4 Å². The minimum atomic E-state index is -1.60. The summed E-state index contributed by atoms with van der Waals surface area (Å²) in [6, 6.07) is 7.45. The molecule has 4 aromatic rings. The second kappa shape index (κ2) is 8.04. The van der Waals surface area contributed by atoms with Gasteiger partial charge in [-0.2, -0.15) is 10.1 Å². The highest BCUT2D eigenvalue weighted by atomic mass is 19.1. The van der Waals surface area contributed by atoms with Crippen LogP contribution in [0.3, 0.4) is 0 Å². The largest absolute Gasteiger partial charge is 0.477 e. The molecule has 182 valence electrons. The third-order valence-corrected chi connectivity index (χ3v) is 6.31. The molecule has 10 nitrogen and oxygen atoms in total. The maximum absolute atomic E-state index is 14.3. The van der Waals surface area contributed by atoms with Crippen LogP contribution < -0.4 is 10.1 Å². The minimum Gasteiger partial charge on any atom is -0.477 e. The van der Waals surface area contributed by atoms with Gasteiger partial charge in [0, 0.05) is 12.0 Å². The molecule has 0 saturated heterocycles. The second-order valence-electron chi connectivity index (χ2n) is 8.38. The fourth-order valence-electron chi connectivity index (χ4n) is 4.64. The Morgan fingerprint density at radius 3 is 2.92 bits per heavy atom. The molecule has 3 aromatic heterocycles. The molecule has 0 radical (unpaired) electrons. The van der Waals surface area contributed by atoms with E-state index in [0.717, 1.165) is 6.20 Å². The first kappa shape index (κ1) is 22.0. The summed E-state index contributed by atoms with van der Waals surface area (Å²) in [4.78, 5) is 38.8. The molecule has 2 aliphatic heterocycles. The fourth-order valence-corrected chi connectivity index (χ4v) is 4.64. The van der Waals surface area contributed by atoms with Crippen LogP contribution in [0.1, 0.15) is 24.5 Å². The quantitative estimate of drug-likeness (QED) is 0.334. The van der Waals surface area contributed by atoms with Crippen LogP contribution in [0.2, 0.25) is 0 Å². The second-order valence-corrected chi connectivity index (χ2v) is 8.38. The number of rotatable bonds is 5. The molecule has 0 fully saturated rings. The van der Waals surface area contributed by atoms with Gasteiger partial charge in [-0.3, -0.25) is 9.59 Å². The number of anilines is 1. The van der Waals surface area contributed by atoms with Gasteiger partial charge in [-0.1, -0.05) is 18.2 Å². The van der Waals surface area contributed by atoms with Gasteiger partial charge >= 0.3 is 5.97 Å². The van der Waals surface area contributed by atoms with Crippen molar-refractivity contribution >= 4 is 28.7 Å². The molecule has 0 spiro atoms. The van der Waals surface area contributed by atoms with Gasteiger partial charge in [0.05, 0.1) is 36.9 Å². The Hall–Kier alpha value is -4.48. The Morgan fingerprint density at radius 1 is 1.28 bits per heavy atom. The number of carbonyl (C=O) groups excluding carboxylic acids is 2. The van der Waals surface area contributed by atoms with E-state index in [4.69, 9.17) is 9.47 Å². The van der Waals surface area contributed by atoms with Crippen LogP contribution in [-0.4, -0.2) is 49.8 Å². The van der Waals surface area contributed by atoms with Gasteiger partial charge in [0.1, 0.15) is 23.1 Å². The zero-order valence-corrected chi connectivity index (χ0v) is 18.9. The first-order valence-electron chi connectivity index (χ1n) is 11.2. The van der Waals surface area contributed by atoms with Gasteiger partial charge in [0.2, 0.25) is 11.8 Å². The molecule has 1 aromatic carbocycles. The van der Waals surface area contributed by atoms with E-state index in [1.165, 1.54) is 16.8 Å². The van der Waals surface area contributed by atoms with E-state index < -0.39 is 28.9 Å². The van der Waals surface area contributed by atoms with Crippen LogP contribution in [0.15, 0.2) is 36.5 Å². The van der Waals surface area contributed by atoms with Crippen molar-refractivity contribution in [3.63, 3.8) is 0 Å². The number of benzene rings is 1. The number of hydrogen-bond acceptors (Lipinski definition) is 8. The zero-order chi connectivity index (χ0) is 25.0. The standard InChI is InChI=1S/C24H18F2N6O4/c1-2-35-23(34)24-7-8-36-21-16(24)18(30-22(24)33)28-19(29-21)17-14-9-13(25)10-27-20(14)32(31-17)11-12-5-3-4-6-15(12)26/h3-6,9-10H,2,7-8,11H2,1H3,(H,28,29,30,33). The average molecular weight is 492 g/mol. The number of nitrogens with zero attached hydrogens (tertiary/aromatic N) is 5. The predicted octanol–water partition coefficient (Wildman–Crippen LogP) is 2.75. The molecular formula is C24H18F2N6O4. The summed E-state index contributed by atoms with van der Waals surface area (Å²) in [5.74, 6) is -2.15. The third-order valence-electron chi connectivity index (χ3n) is 6.31. The SMILES string of the molecule is CCOC(=O)C12CCOc3nc(-c4nn(Cc5ccccc5F)c5ncc(F)cc45)nc(c31)NC2=O. The van der Waals surface area contributed by atoms with E-state index in [1.807, 2.05) is 0 Å². The van der Waals surface area contributed by atoms with Crippen molar-refractivity contribution in [2.75, 3.05) is 18.5 Å². The van der Waals surface area contributed by atoms with Gasteiger partial charge in [0.25, 0.3) is 0 Å². The Kier molecular flexibility index (Phi) is 4.92. The van der Waals surface area contributed by atoms with Crippen molar-refractivity contribution in [1.29, 1.82) is 0 Å². The molecule has 2 aliphatic rings. The molecule has 1 atom stereocenters. The number of nitrogens with one attached hydrogen (secondary N) is 1. The molecule has 6 rings (SSSR count). The minimum absolute atomic E-state index is 0.0234. The summed E-state index contributed by atoms with van der Waals surface area (Å²) >= 11 is 0. The summed E-state index contributed by atoms with van der Waals surface area (Å²) in [6.07, 6.45) is 1.12. The Morgan fingerprint density at radius 2 is 2.11 bits per heavy atom. The highest BCUT2D eigenvalue weighted by molar-refractivity contribution is 6.19. The molecule has 36 heavy (non-hydrogen) atoms. The lowest BCUT2D eigenvalue weighted by Gasteiger charge is -2.29. The summed E-state index contributed by atoms with van der Waals surface area (Å²) in [5.41, 5.74) is -0.584. The molecule has 12 heteroatoms. The fraction of sp³-hybridized carbons (Fsp3) is 0.250. The highest BCUT2D eigenvalue weighted by Gasteiger charge is 2.59. The topological polar surface area (TPSA) is 121 Å². The maximum atomic E-state index is 14.3. The summed E-state index contributed by atoms with van der Waals surface area (Å²) in [6.45, 7) is 1.83. The van der Waals surface area contributed by atoms with Gasteiger partial charge in [-0.25, -0.2) is 23.4 Å². The van der Waals surface area contributed by atoms with E-state index in [2.05, 4.69) is 25.4 Å². The molecular weight excluding hydrogens is 474 g/mol. The first-order valence-corrected chi connectivity index (χ1v) is 11.2. The number of carbonyl (C=O) groups is 2. The normalized spacial score (nSPS) is 18.0. The van der Waals surface area contributed by atoms with Crippen LogP contribution in [-0.2, 0) is 26.3 Å². The summed E-state index contributed by atoms with van der Waals surface area (Å²) in [5, 5.41) is 7.44. The van der Waals surface area contributed by atoms with Crippen molar-refractivity contribution < 1.29 is 27.8 Å². The number of hydrogen-bond donors (Lipinski definition) is 1. The van der Waals surface area contributed by atoms with Crippen molar-refractivity contribution in [3.05, 3.63) is 59.3 Å². The van der Waals surface area contributed by atoms with Crippen LogP contribution in [0, 0.1) is 11.6 Å². The summed E-state index contributed by atoms with van der Waals surface area (Å²) in [7, 11) is 0. The number of pyridine rings is 1. The lowest BCUT2D eigenvalue weighted by atomic mass is 9.78. The van der Waals surface area contributed by atoms with Crippen LogP contribution in [0.5, 0.6) is 5.88 Å². The smallest absolute Gasteiger partial charge is 0.326 e. The Labute approximate surface area is 202 Å². The number of ether oxygens (including phenoxy) is 2. The number of fused-ring (bicyclic) bond motifs is 1. The zero-order valence-electron chi connectivity index (χ0n) is 18.9.